The number of para-hydroxylation sites is 2. The molecule has 2 aliphatic rings. The number of aromatic nitrogens is 2. The number of amides is 1. The van der Waals surface area contributed by atoms with Crippen molar-refractivity contribution in [3.8, 4) is 0 Å². The van der Waals surface area contributed by atoms with E-state index in [0.717, 1.165) is 42.5 Å². The maximum absolute atomic E-state index is 13.6. The highest BCUT2D eigenvalue weighted by Crippen LogP contribution is 2.33. The first-order valence-electron chi connectivity index (χ1n) is 9.98. The molecule has 1 atom stereocenters. The van der Waals surface area contributed by atoms with Crippen molar-refractivity contribution >= 4 is 29.2 Å². The Morgan fingerprint density at radius 2 is 1.90 bits per heavy atom. The average molecular weight is 406 g/mol. The second-order valence-corrected chi connectivity index (χ2v) is 7.57. The number of fused-ring (bicyclic) bond motifs is 1. The highest BCUT2D eigenvalue weighted by atomic mass is 19.1. The molecule has 0 spiro atoms. The first kappa shape index (κ1) is 18.7. The maximum Gasteiger partial charge on any atom is 0.358 e. The molecule has 3 heterocycles. The largest absolute Gasteiger partial charge is 0.358 e. The van der Waals surface area contributed by atoms with Gasteiger partial charge in [-0.25, -0.2) is 9.18 Å². The number of rotatable bonds is 4. The van der Waals surface area contributed by atoms with Crippen LogP contribution in [-0.2, 0) is 11.3 Å². The van der Waals surface area contributed by atoms with Crippen LogP contribution in [0, 0.1) is 11.7 Å². The fourth-order valence-corrected chi connectivity index (χ4v) is 4.10. The van der Waals surface area contributed by atoms with E-state index < -0.39 is 4.59 Å². The third-order valence-corrected chi connectivity index (χ3v) is 5.67. The molecule has 2 aromatic carbocycles. The highest BCUT2D eigenvalue weighted by molar-refractivity contribution is 6.03. The number of nitrogens with zero attached hydrogens (tertiary/aromatic N) is 6. The molecule has 1 fully saturated rings. The fraction of sp³-hybridized carbons (Fsp3) is 0.286. The molecular formula is C21H21FN7O+. The summed E-state index contributed by atoms with van der Waals surface area (Å²) in [7, 11) is 0. The zero-order chi connectivity index (χ0) is 20.6. The quantitative estimate of drug-likeness (QED) is 0.674. The first-order valence-corrected chi connectivity index (χ1v) is 9.98. The molecule has 30 heavy (non-hydrogen) atoms. The Kier molecular flexibility index (Phi) is 4.68. The molecule has 1 N–H and O–H groups in total. The van der Waals surface area contributed by atoms with Crippen molar-refractivity contribution in [2.45, 2.75) is 19.4 Å². The van der Waals surface area contributed by atoms with E-state index in [-0.39, 0.29) is 17.6 Å². The van der Waals surface area contributed by atoms with Crippen LogP contribution >= 0.6 is 0 Å². The number of piperidine rings is 1. The van der Waals surface area contributed by atoms with Crippen LogP contribution in [0.25, 0.3) is 11.0 Å². The van der Waals surface area contributed by atoms with E-state index >= 15 is 0 Å². The molecule has 2 aliphatic heterocycles. The Morgan fingerprint density at radius 3 is 2.63 bits per heavy atom. The summed E-state index contributed by atoms with van der Waals surface area (Å²) in [5.74, 6) is -0.0976. The predicted molar refractivity (Wildman–Crippen MR) is 111 cm³/mol. The van der Waals surface area contributed by atoms with E-state index in [9.17, 15) is 9.18 Å². The highest BCUT2D eigenvalue weighted by Gasteiger charge is 2.51. The smallest absolute Gasteiger partial charge is 0.317 e. The van der Waals surface area contributed by atoms with Crippen LogP contribution < -0.4 is 9.91 Å². The van der Waals surface area contributed by atoms with Gasteiger partial charge in [-0.2, -0.15) is 4.98 Å². The Hall–Kier alpha value is -3.30. The minimum absolute atomic E-state index is 0.0860. The molecule has 8 nitrogen and oxygen atoms in total. The number of hydrogen-bond donors (Lipinski definition) is 1. The summed E-state index contributed by atoms with van der Waals surface area (Å²) in [6.07, 6.45) is 2.92. The van der Waals surface area contributed by atoms with E-state index in [1.807, 2.05) is 28.8 Å². The van der Waals surface area contributed by atoms with Gasteiger partial charge in [-0.3, -0.25) is 4.57 Å². The Labute approximate surface area is 172 Å². The summed E-state index contributed by atoms with van der Waals surface area (Å²) in [4.78, 5) is 18.4. The molecule has 0 bridgehead atoms. The monoisotopic (exact) mass is 406 g/mol. The lowest BCUT2D eigenvalue weighted by atomic mass is 9.96. The molecule has 9 heteroatoms. The fourth-order valence-electron chi connectivity index (χ4n) is 4.10. The number of quaternary nitrogens is 1. The minimum atomic E-state index is -0.486. The van der Waals surface area contributed by atoms with Crippen molar-refractivity contribution in [2.75, 3.05) is 13.1 Å². The standard InChI is InChI=1S/C21H21FN7O/c22-17-7-5-15(6-8-17)13-28-19-4-2-1-3-18(19)25-21(28)29(14-24-26-27-29)20(30)16-9-11-23-12-10-16/h1-8,14,16,23H,9-13H2/q+1. The maximum atomic E-state index is 13.6. The number of carbonyl (C=O) groups excluding carboxylic acids is 1. The van der Waals surface area contributed by atoms with Gasteiger partial charge < -0.3 is 5.32 Å². The Morgan fingerprint density at radius 1 is 1.13 bits per heavy atom. The summed E-state index contributed by atoms with van der Waals surface area (Å²) in [6.45, 7) is 1.99. The van der Waals surface area contributed by atoms with Gasteiger partial charge in [0.15, 0.2) is 0 Å². The van der Waals surface area contributed by atoms with Crippen molar-refractivity contribution in [3.63, 3.8) is 0 Å². The number of halogens is 1. The summed E-state index contributed by atoms with van der Waals surface area (Å²) >= 11 is 0. The van der Waals surface area contributed by atoms with Gasteiger partial charge in [-0.15, -0.1) is 0 Å². The molecule has 0 radical (unpaired) electrons. The van der Waals surface area contributed by atoms with E-state index in [0.29, 0.717) is 12.5 Å². The molecule has 1 saturated heterocycles. The molecule has 0 saturated carbocycles. The first-order chi connectivity index (χ1) is 14.7. The molecule has 1 amide bonds. The van der Waals surface area contributed by atoms with Crippen molar-refractivity contribution in [3.05, 3.63) is 59.9 Å². The van der Waals surface area contributed by atoms with Crippen LogP contribution in [0.2, 0.25) is 0 Å². The Balaban J connectivity index is 1.64. The van der Waals surface area contributed by atoms with Gasteiger partial charge in [-0.05, 0) is 60.4 Å². The average Bonchev–Trinajstić information content (AvgIpc) is 3.42. The number of hydrogen-bond acceptors (Lipinski definition) is 6. The molecule has 1 unspecified atom stereocenters. The Bertz CT molecular complexity index is 1130. The lowest BCUT2D eigenvalue weighted by Crippen LogP contribution is -2.53. The zero-order valence-electron chi connectivity index (χ0n) is 16.3. The van der Waals surface area contributed by atoms with Crippen LogP contribution in [0.15, 0.2) is 64.1 Å². The lowest BCUT2D eigenvalue weighted by Gasteiger charge is -2.26. The van der Waals surface area contributed by atoms with Gasteiger partial charge in [0.2, 0.25) is 0 Å². The van der Waals surface area contributed by atoms with Gasteiger partial charge in [0, 0.05) is 5.22 Å². The van der Waals surface area contributed by atoms with Crippen molar-refractivity contribution in [1.82, 2.24) is 19.5 Å². The van der Waals surface area contributed by atoms with E-state index in [4.69, 9.17) is 4.98 Å². The summed E-state index contributed by atoms with van der Waals surface area (Å²) < 4.78 is 14.9. The third-order valence-electron chi connectivity index (χ3n) is 5.67. The molecule has 1 aromatic heterocycles. The van der Waals surface area contributed by atoms with Gasteiger partial charge in [-0.1, -0.05) is 29.4 Å². The van der Waals surface area contributed by atoms with E-state index in [1.54, 1.807) is 12.1 Å². The summed E-state index contributed by atoms with van der Waals surface area (Å²) in [5.41, 5.74) is 2.50. The van der Waals surface area contributed by atoms with Crippen LogP contribution in [0.3, 0.4) is 0 Å². The van der Waals surface area contributed by atoms with Crippen molar-refractivity contribution in [2.24, 2.45) is 21.5 Å². The topological polar surface area (TPSA) is 84.0 Å². The van der Waals surface area contributed by atoms with E-state index in [2.05, 4.69) is 20.9 Å². The van der Waals surface area contributed by atoms with Crippen molar-refractivity contribution < 1.29 is 9.18 Å². The molecule has 5 rings (SSSR count). The number of carbonyl (C=O) groups is 1. The number of nitrogens with one attached hydrogen (secondary N) is 1. The van der Waals surface area contributed by atoms with Crippen molar-refractivity contribution in [1.29, 1.82) is 0 Å². The number of imidazole rings is 1. The summed E-state index contributed by atoms with van der Waals surface area (Å²) in [6, 6.07) is 14.0. The normalized spacial score (nSPS) is 21.5. The summed E-state index contributed by atoms with van der Waals surface area (Å²) in [5, 5.41) is 15.2. The van der Waals surface area contributed by atoms with Crippen LogP contribution in [0.5, 0.6) is 0 Å². The molecule has 3 aromatic rings. The van der Waals surface area contributed by atoms with Gasteiger partial charge >= 0.3 is 11.9 Å². The van der Waals surface area contributed by atoms with Gasteiger partial charge in [0.05, 0.1) is 28.7 Å². The van der Waals surface area contributed by atoms with E-state index in [1.165, 1.54) is 18.5 Å². The minimum Gasteiger partial charge on any atom is -0.317 e. The van der Waals surface area contributed by atoms with Crippen LogP contribution in [0.4, 0.5) is 10.3 Å². The molecule has 152 valence electrons. The molecular weight excluding hydrogens is 385 g/mol. The van der Waals surface area contributed by atoms with Gasteiger partial charge in [0.1, 0.15) is 5.82 Å². The van der Waals surface area contributed by atoms with Crippen LogP contribution in [0.1, 0.15) is 18.4 Å². The van der Waals surface area contributed by atoms with Crippen LogP contribution in [-0.4, -0.2) is 34.9 Å². The predicted octanol–water partition coefficient (Wildman–Crippen LogP) is 3.38. The van der Waals surface area contributed by atoms with Gasteiger partial charge in [0.25, 0.3) is 6.34 Å². The zero-order valence-corrected chi connectivity index (χ0v) is 16.3. The second kappa shape index (κ2) is 7.51. The third kappa shape index (κ3) is 3.12. The lowest BCUT2D eigenvalue weighted by molar-refractivity contribution is -0.132. The SMILES string of the molecule is O=C(C1CCNCC1)[N+]1(c2nc3ccccc3n2Cc2ccc(F)cc2)C=NN=N1. The molecule has 0 aliphatic carbocycles. The second-order valence-electron chi connectivity index (χ2n) is 7.57. The number of benzene rings is 2.